The van der Waals surface area contributed by atoms with Crippen LogP contribution in [0.3, 0.4) is 0 Å². The van der Waals surface area contributed by atoms with Gasteiger partial charge in [-0.25, -0.2) is 0 Å². The number of hydrogen-bond acceptors (Lipinski definition) is 3. The quantitative estimate of drug-likeness (QED) is 0.591. The third-order valence-corrected chi connectivity index (χ3v) is 4.50. The number of rotatable bonds is 9. The van der Waals surface area contributed by atoms with Crippen molar-refractivity contribution in [3.63, 3.8) is 0 Å². The van der Waals surface area contributed by atoms with E-state index in [-0.39, 0.29) is 12.3 Å². The molecule has 3 rings (SSSR count). The molecule has 1 atom stereocenters. The van der Waals surface area contributed by atoms with E-state index in [1.54, 1.807) is 0 Å². The predicted molar refractivity (Wildman–Crippen MR) is 112 cm³/mol. The summed E-state index contributed by atoms with van der Waals surface area (Å²) in [6, 6.07) is 26.0. The van der Waals surface area contributed by atoms with Crippen molar-refractivity contribution in [2.45, 2.75) is 25.5 Å². The van der Waals surface area contributed by atoms with Crippen LogP contribution in [0.1, 0.15) is 16.7 Å². The average Bonchev–Trinajstić information content (AvgIpc) is 2.74. The summed E-state index contributed by atoms with van der Waals surface area (Å²) in [6.45, 7) is 0.486. The maximum absolute atomic E-state index is 12.3. The molecule has 0 aliphatic rings. The minimum atomic E-state index is -0.762. The van der Waals surface area contributed by atoms with Crippen LogP contribution in [0, 0.1) is 0 Å². The molecular weight excluding hydrogens is 364 g/mol. The van der Waals surface area contributed by atoms with Gasteiger partial charge in [-0.2, -0.15) is 0 Å². The fourth-order valence-electron chi connectivity index (χ4n) is 2.95. The van der Waals surface area contributed by atoms with Crippen molar-refractivity contribution in [3.05, 3.63) is 102 Å². The Morgan fingerprint density at radius 3 is 1.97 bits per heavy atom. The van der Waals surface area contributed by atoms with E-state index < -0.39 is 11.9 Å². The number of ether oxygens (including phenoxy) is 1. The van der Waals surface area contributed by atoms with Gasteiger partial charge in [-0.15, -0.1) is 0 Å². The van der Waals surface area contributed by atoms with Crippen molar-refractivity contribution in [1.82, 2.24) is 5.32 Å². The number of nitrogens with two attached hydrogens (primary N) is 1. The van der Waals surface area contributed by atoms with Gasteiger partial charge in [-0.05, 0) is 28.8 Å². The van der Waals surface area contributed by atoms with Gasteiger partial charge in [0, 0.05) is 6.42 Å². The zero-order valence-electron chi connectivity index (χ0n) is 16.1. The van der Waals surface area contributed by atoms with Crippen molar-refractivity contribution < 1.29 is 14.3 Å². The molecule has 2 amide bonds. The maximum atomic E-state index is 12.3. The third-order valence-electron chi connectivity index (χ3n) is 4.50. The van der Waals surface area contributed by atoms with Crippen LogP contribution in [0.2, 0.25) is 0 Å². The van der Waals surface area contributed by atoms with E-state index in [1.165, 1.54) is 0 Å². The molecule has 29 heavy (non-hydrogen) atoms. The van der Waals surface area contributed by atoms with Crippen LogP contribution in [0.5, 0.6) is 5.75 Å². The minimum Gasteiger partial charge on any atom is -0.489 e. The van der Waals surface area contributed by atoms with E-state index in [1.807, 2.05) is 84.9 Å². The number of carbonyl (C=O) groups is 2. The van der Waals surface area contributed by atoms with Gasteiger partial charge in [0.15, 0.2) is 0 Å². The molecule has 3 aromatic rings. The Morgan fingerprint density at radius 1 is 0.793 bits per heavy atom. The van der Waals surface area contributed by atoms with Gasteiger partial charge < -0.3 is 15.8 Å². The topological polar surface area (TPSA) is 81.4 Å². The summed E-state index contributed by atoms with van der Waals surface area (Å²) in [5, 5.41) is 2.73. The molecule has 0 unspecified atom stereocenters. The summed E-state index contributed by atoms with van der Waals surface area (Å²) in [7, 11) is 0. The van der Waals surface area contributed by atoms with E-state index in [9.17, 15) is 9.59 Å². The molecule has 148 valence electrons. The van der Waals surface area contributed by atoms with Crippen molar-refractivity contribution in [2.75, 3.05) is 0 Å². The molecule has 0 fully saturated rings. The van der Waals surface area contributed by atoms with Gasteiger partial charge in [-0.3, -0.25) is 9.59 Å². The van der Waals surface area contributed by atoms with Gasteiger partial charge in [0.1, 0.15) is 18.4 Å². The molecule has 5 heteroatoms. The van der Waals surface area contributed by atoms with Gasteiger partial charge in [0.05, 0.1) is 6.42 Å². The van der Waals surface area contributed by atoms with Gasteiger partial charge in [0.25, 0.3) is 0 Å². The summed E-state index contributed by atoms with van der Waals surface area (Å²) in [4.78, 5) is 24.1. The molecule has 5 nitrogen and oxygen atoms in total. The lowest BCUT2D eigenvalue weighted by atomic mass is 10.0. The molecule has 0 radical (unpaired) electrons. The highest BCUT2D eigenvalue weighted by Crippen LogP contribution is 2.15. The number of nitrogens with one attached hydrogen (secondary N) is 1. The summed E-state index contributed by atoms with van der Waals surface area (Å²) in [5.41, 5.74) is 8.35. The zero-order chi connectivity index (χ0) is 20.5. The Kier molecular flexibility index (Phi) is 7.00. The largest absolute Gasteiger partial charge is 0.489 e. The Balaban J connectivity index is 1.54. The molecule has 0 aromatic heterocycles. The Morgan fingerprint density at radius 2 is 1.38 bits per heavy atom. The Hall–Kier alpha value is -3.60. The van der Waals surface area contributed by atoms with Crippen LogP contribution in [0.25, 0.3) is 0 Å². The first-order valence-electron chi connectivity index (χ1n) is 9.48. The van der Waals surface area contributed by atoms with Crippen molar-refractivity contribution in [3.8, 4) is 5.75 Å². The summed E-state index contributed by atoms with van der Waals surface area (Å²) >= 11 is 0. The van der Waals surface area contributed by atoms with E-state index in [2.05, 4.69) is 5.32 Å². The van der Waals surface area contributed by atoms with Gasteiger partial charge >= 0.3 is 0 Å². The summed E-state index contributed by atoms with van der Waals surface area (Å²) in [6.07, 6.45) is 0.533. The van der Waals surface area contributed by atoms with Crippen molar-refractivity contribution >= 4 is 11.8 Å². The molecule has 3 N–H and O–H groups in total. The standard InChI is InChI=1S/C24H24N2O3/c25-24(28)22(26-23(27)16-18-7-3-1-4-8-18)15-19-11-13-21(14-12-19)29-17-20-9-5-2-6-10-20/h1-14,22H,15-17H2,(H2,25,28)(H,26,27)/t22-/m0/s1. The first-order valence-corrected chi connectivity index (χ1v) is 9.48. The minimum absolute atomic E-state index is 0.205. The van der Waals surface area contributed by atoms with E-state index in [4.69, 9.17) is 10.5 Å². The first-order chi connectivity index (χ1) is 14.1. The Bertz CT molecular complexity index is 925. The lowest BCUT2D eigenvalue weighted by Gasteiger charge is -2.16. The highest BCUT2D eigenvalue weighted by molar-refractivity contribution is 5.87. The molecule has 0 bridgehead atoms. The lowest BCUT2D eigenvalue weighted by molar-refractivity contribution is -0.127. The van der Waals surface area contributed by atoms with Crippen LogP contribution in [-0.4, -0.2) is 17.9 Å². The molecule has 0 aliphatic heterocycles. The highest BCUT2D eigenvalue weighted by atomic mass is 16.5. The number of carbonyl (C=O) groups excluding carboxylic acids is 2. The summed E-state index contributed by atoms with van der Waals surface area (Å²) < 4.78 is 5.77. The first kappa shape index (κ1) is 20.1. The highest BCUT2D eigenvalue weighted by Gasteiger charge is 2.18. The molecule has 0 saturated heterocycles. The predicted octanol–water partition coefficient (Wildman–Crippen LogP) is 3.02. The number of benzene rings is 3. The van der Waals surface area contributed by atoms with Crippen LogP contribution in [0.15, 0.2) is 84.9 Å². The molecule has 3 aromatic carbocycles. The molecule has 0 heterocycles. The Labute approximate surface area is 170 Å². The normalized spacial score (nSPS) is 11.4. The molecule has 0 saturated carbocycles. The van der Waals surface area contributed by atoms with E-state index in [0.717, 1.165) is 22.4 Å². The number of amides is 2. The molecule has 0 aliphatic carbocycles. The smallest absolute Gasteiger partial charge is 0.240 e. The van der Waals surface area contributed by atoms with Crippen molar-refractivity contribution in [2.24, 2.45) is 5.73 Å². The second kappa shape index (κ2) is 10.1. The second-order valence-corrected chi connectivity index (χ2v) is 6.81. The zero-order valence-corrected chi connectivity index (χ0v) is 16.1. The second-order valence-electron chi connectivity index (χ2n) is 6.81. The third kappa shape index (κ3) is 6.50. The average molecular weight is 388 g/mol. The van der Waals surface area contributed by atoms with Crippen molar-refractivity contribution in [1.29, 1.82) is 0 Å². The molecular formula is C24H24N2O3. The van der Waals surface area contributed by atoms with Crippen LogP contribution < -0.4 is 15.8 Å². The lowest BCUT2D eigenvalue weighted by Crippen LogP contribution is -2.46. The van der Waals surface area contributed by atoms with Crippen LogP contribution >= 0.6 is 0 Å². The van der Waals surface area contributed by atoms with Gasteiger partial charge in [-0.1, -0.05) is 72.8 Å². The van der Waals surface area contributed by atoms with Gasteiger partial charge in [0.2, 0.25) is 11.8 Å². The molecule has 0 spiro atoms. The van der Waals surface area contributed by atoms with Crippen LogP contribution in [0.4, 0.5) is 0 Å². The monoisotopic (exact) mass is 388 g/mol. The van der Waals surface area contributed by atoms with Crippen LogP contribution in [-0.2, 0) is 29.0 Å². The fourth-order valence-corrected chi connectivity index (χ4v) is 2.95. The van der Waals surface area contributed by atoms with E-state index in [0.29, 0.717) is 13.0 Å². The maximum Gasteiger partial charge on any atom is 0.240 e. The SMILES string of the molecule is NC(=O)[C@H](Cc1ccc(OCc2ccccc2)cc1)NC(=O)Cc1ccccc1. The fraction of sp³-hybridized carbons (Fsp3) is 0.167. The summed E-state index contributed by atoms with van der Waals surface area (Å²) in [5.74, 6) is -0.0556. The number of hydrogen-bond donors (Lipinski definition) is 2. The number of primary amides is 1. The van der Waals surface area contributed by atoms with E-state index >= 15 is 0 Å².